The van der Waals surface area contributed by atoms with Gasteiger partial charge in [0.25, 0.3) is 0 Å². The van der Waals surface area contributed by atoms with Crippen LogP contribution in [0.25, 0.3) is 10.9 Å². The van der Waals surface area contributed by atoms with E-state index in [-0.39, 0.29) is 18.2 Å². The van der Waals surface area contributed by atoms with Crippen LogP contribution in [0, 0.1) is 5.92 Å². The number of amides is 3. The number of carboxylic acid groups (broad SMARTS) is 1. The molecule has 1 aromatic carbocycles. The minimum absolute atomic E-state index is 0.0864. The van der Waals surface area contributed by atoms with E-state index in [0.29, 0.717) is 19.4 Å². The van der Waals surface area contributed by atoms with E-state index in [0.717, 1.165) is 16.5 Å². The Hall–Kier alpha value is -3.40. The van der Waals surface area contributed by atoms with E-state index in [4.69, 9.17) is 5.73 Å². The molecule has 1 aliphatic heterocycles. The number of nitrogens with one attached hydrogen (secondary N) is 3. The van der Waals surface area contributed by atoms with Gasteiger partial charge in [-0.2, -0.15) is 0 Å². The van der Waals surface area contributed by atoms with E-state index in [1.54, 1.807) is 27.0 Å². The van der Waals surface area contributed by atoms with Gasteiger partial charge < -0.3 is 31.4 Å². The number of nitrogens with two attached hydrogens (primary N) is 1. The van der Waals surface area contributed by atoms with Gasteiger partial charge in [0, 0.05) is 30.1 Å². The molecule has 1 aromatic heterocycles. The summed E-state index contributed by atoms with van der Waals surface area (Å²) >= 11 is 0. The third kappa shape index (κ3) is 5.56. The van der Waals surface area contributed by atoms with Gasteiger partial charge in [-0.15, -0.1) is 0 Å². The van der Waals surface area contributed by atoms with Crippen molar-refractivity contribution in [1.82, 2.24) is 20.5 Å². The van der Waals surface area contributed by atoms with Gasteiger partial charge in [0.15, 0.2) is 0 Å². The minimum atomic E-state index is -1.17. The molecular formula is C24H33N5O5. The highest BCUT2D eigenvalue weighted by Crippen LogP contribution is 2.20. The fraction of sp³-hybridized carbons (Fsp3) is 0.500. The monoisotopic (exact) mass is 471 g/mol. The summed E-state index contributed by atoms with van der Waals surface area (Å²) in [5, 5.41) is 15.9. The second-order valence-electron chi connectivity index (χ2n) is 9.17. The summed E-state index contributed by atoms with van der Waals surface area (Å²) < 4.78 is 0. The van der Waals surface area contributed by atoms with Crippen LogP contribution in [0.5, 0.6) is 0 Å². The predicted octanol–water partition coefficient (Wildman–Crippen LogP) is 0.759. The number of para-hydroxylation sites is 1. The maximum Gasteiger partial charge on any atom is 0.326 e. The highest BCUT2D eigenvalue weighted by Gasteiger charge is 2.37. The number of carbonyl (C=O) groups excluding carboxylic acids is 3. The first-order valence-corrected chi connectivity index (χ1v) is 11.5. The molecule has 184 valence electrons. The summed E-state index contributed by atoms with van der Waals surface area (Å²) in [7, 11) is 0. The SMILES string of the molecule is CC(N)C(=O)N1CCCC1C(=O)NC(C(=O)NC(Cc1c[nH]c2ccccc12)C(=O)O)C(C)C. The number of hydrogen-bond donors (Lipinski definition) is 5. The van der Waals surface area contributed by atoms with E-state index in [9.17, 15) is 24.3 Å². The number of rotatable bonds is 9. The molecule has 4 unspecified atom stereocenters. The van der Waals surface area contributed by atoms with E-state index < -0.39 is 42.0 Å². The number of benzene rings is 1. The molecule has 2 aromatic rings. The Bertz CT molecular complexity index is 1060. The normalized spacial score (nSPS) is 18.5. The number of aromatic nitrogens is 1. The number of nitrogens with zero attached hydrogens (tertiary/aromatic N) is 1. The van der Waals surface area contributed by atoms with Gasteiger partial charge in [-0.3, -0.25) is 14.4 Å². The van der Waals surface area contributed by atoms with Crippen LogP contribution in [-0.4, -0.2) is 69.4 Å². The molecule has 6 N–H and O–H groups in total. The van der Waals surface area contributed by atoms with E-state index >= 15 is 0 Å². The van der Waals surface area contributed by atoms with Gasteiger partial charge in [-0.05, 0) is 37.3 Å². The number of carbonyl (C=O) groups is 4. The lowest BCUT2D eigenvalue weighted by Crippen LogP contribution is -2.58. The highest BCUT2D eigenvalue weighted by atomic mass is 16.4. The van der Waals surface area contributed by atoms with Crippen LogP contribution in [0.3, 0.4) is 0 Å². The molecule has 34 heavy (non-hydrogen) atoms. The van der Waals surface area contributed by atoms with Gasteiger partial charge in [-0.1, -0.05) is 32.0 Å². The molecule has 1 fully saturated rings. The van der Waals surface area contributed by atoms with Crippen LogP contribution >= 0.6 is 0 Å². The quantitative estimate of drug-likeness (QED) is 0.363. The molecule has 4 atom stereocenters. The van der Waals surface area contributed by atoms with Crippen molar-refractivity contribution in [2.75, 3.05) is 6.54 Å². The second-order valence-corrected chi connectivity index (χ2v) is 9.17. The zero-order valence-electron chi connectivity index (χ0n) is 19.7. The number of likely N-dealkylation sites (tertiary alicyclic amines) is 1. The first-order valence-electron chi connectivity index (χ1n) is 11.5. The molecule has 0 aliphatic carbocycles. The minimum Gasteiger partial charge on any atom is -0.480 e. The van der Waals surface area contributed by atoms with Crippen molar-refractivity contribution in [2.45, 2.75) is 64.2 Å². The van der Waals surface area contributed by atoms with Crippen molar-refractivity contribution in [1.29, 1.82) is 0 Å². The van der Waals surface area contributed by atoms with Gasteiger partial charge in [0.2, 0.25) is 17.7 Å². The lowest BCUT2D eigenvalue weighted by atomic mass is 10.0. The van der Waals surface area contributed by atoms with E-state index in [2.05, 4.69) is 15.6 Å². The van der Waals surface area contributed by atoms with Gasteiger partial charge in [0.1, 0.15) is 18.1 Å². The topological polar surface area (TPSA) is 158 Å². The zero-order chi connectivity index (χ0) is 25.0. The Balaban J connectivity index is 1.71. The molecule has 1 saturated heterocycles. The zero-order valence-corrected chi connectivity index (χ0v) is 19.7. The summed E-state index contributed by atoms with van der Waals surface area (Å²) in [4.78, 5) is 54.9. The van der Waals surface area contributed by atoms with E-state index in [1.165, 1.54) is 4.90 Å². The summed E-state index contributed by atoms with van der Waals surface area (Å²) in [5.74, 6) is -2.81. The molecule has 2 heterocycles. The Morgan fingerprint density at radius 2 is 1.88 bits per heavy atom. The summed E-state index contributed by atoms with van der Waals surface area (Å²) in [5.41, 5.74) is 7.35. The Morgan fingerprint density at radius 1 is 1.18 bits per heavy atom. The molecule has 10 nitrogen and oxygen atoms in total. The molecule has 0 spiro atoms. The molecule has 3 amide bonds. The number of H-pyrrole nitrogens is 1. The third-order valence-corrected chi connectivity index (χ3v) is 6.19. The van der Waals surface area contributed by atoms with Crippen molar-refractivity contribution in [3.63, 3.8) is 0 Å². The lowest BCUT2D eigenvalue weighted by Gasteiger charge is -2.29. The first-order chi connectivity index (χ1) is 16.1. The van der Waals surface area contributed by atoms with Gasteiger partial charge in [-0.25, -0.2) is 4.79 Å². The summed E-state index contributed by atoms with van der Waals surface area (Å²) in [6, 6.07) is 3.96. The number of aliphatic carboxylic acids is 1. The van der Waals surface area contributed by atoms with Crippen LogP contribution in [0.4, 0.5) is 0 Å². The van der Waals surface area contributed by atoms with Gasteiger partial charge in [0.05, 0.1) is 6.04 Å². The summed E-state index contributed by atoms with van der Waals surface area (Å²) in [6.45, 7) is 5.53. The number of fused-ring (bicyclic) bond motifs is 1. The Morgan fingerprint density at radius 3 is 2.53 bits per heavy atom. The predicted molar refractivity (Wildman–Crippen MR) is 127 cm³/mol. The lowest BCUT2D eigenvalue weighted by molar-refractivity contribution is -0.143. The van der Waals surface area contributed by atoms with Crippen molar-refractivity contribution < 1.29 is 24.3 Å². The van der Waals surface area contributed by atoms with Crippen LogP contribution < -0.4 is 16.4 Å². The number of carboxylic acids is 1. The van der Waals surface area contributed by atoms with Crippen molar-refractivity contribution in [3.8, 4) is 0 Å². The molecule has 0 radical (unpaired) electrons. The van der Waals surface area contributed by atoms with Crippen molar-refractivity contribution in [3.05, 3.63) is 36.0 Å². The Kier molecular flexibility index (Phi) is 7.93. The largest absolute Gasteiger partial charge is 0.480 e. The van der Waals surface area contributed by atoms with Crippen molar-refractivity contribution >= 4 is 34.6 Å². The fourth-order valence-corrected chi connectivity index (χ4v) is 4.33. The molecular weight excluding hydrogens is 438 g/mol. The number of hydrogen-bond acceptors (Lipinski definition) is 5. The standard InChI is InChI=1S/C24H33N5O5/c1-13(2)20(28-21(30)19-9-6-10-29(19)23(32)14(3)25)22(31)27-18(24(33)34)11-15-12-26-17-8-5-4-7-16(15)17/h4-5,7-8,12-14,18-20,26H,6,9-11,25H2,1-3H3,(H,27,31)(H,28,30)(H,33,34). The second kappa shape index (κ2) is 10.7. The van der Waals surface area contributed by atoms with E-state index in [1.807, 2.05) is 24.3 Å². The smallest absolute Gasteiger partial charge is 0.326 e. The van der Waals surface area contributed by atoms with Crippen LogP contribution in [0.2, 0.25) is 0 Å². The Labute approximate surface area is 198 Å². The maximum atomic E-state index is 13.1. The third-order valence-electron chi connectivity index (χ3n) is 6.19. The van der Waals surface area contributed by atoms with Crippen LogP contribution in [0.15, 0.2) is 30.5 Å². The van der Waals surface area contributed by atoms with Crippen LogP contribution in [0.1, 0.15) is 39.2 Å². The average molecular weight is 472 g/mol. The van der Waals surface area contributed by atoms with Gasteiger partial charge >= 0.3 is 5.97 Å². The first kappa shape index (κ1) is 25.2. The summed E-state index contributed by atoms with van der Waals surface area (Å²) in [6.07, 6.45) is 2.97. The fourth-order valence-electron chi connectivity index (χ4n) is 4.33. The molecule has 3 rings (SSSR count). The molecule has 0 saturated carbocycles. The average Bonchev–Trinajstić information content (AvgIpc) is 3.43. The molecule has 10 heteroatoms. The number of aromatic amines is 1. The highest BCUT2D eigenvalue weighted by molar-refractivity contribution is 5.94. The molecule has 0 bridgehead atoms. The molecule has 1 aliphatic rings. The van der Waals surface area contributed by atoms with Crippen molar-refractivity contribution in [2.24, 2.45) is 11.7 Å². The maximum absolute atomic E-state index is 13.1. The van der Waals surface area contributed by atoms with Crippen LogP contribution in [-0.2, 0) is 25.6 Å².